The first-order valence-corrected chi connectivity index (χ1v) is 10.1. The van der Waals surface area contributed by atoms with Crippen LogP contribution in [0, 0.1) is 0 Å². The Morgan fingerprint density at radius 2 is 1.76 bits per heavy atom. The Morgan fingerprint density at radius 1 is 1.03 bits per heavy atom. The number of carbonyl (C=O) groups is 2. The standard InChI is InChI=1S/C23H14F3NO7/c24-23(25,26)19-12(20(28)29)5-11(34-19)8-27-15-4-2-1-3-13(15)22(21(27)30)9-31-16-7-18-17(6-14(16)22)32-10-33-18/h1-7H,8-10H2,(H,28,29). The van der Waals surface area contributed by atoms with Crippen molar-refractivity contribution >= 4 is 17.6 Å². The zero-order valence-electron chi connectivity index (χ0n) is 17.1. The van der Waals surface area contributed by atoms with Crippen LogP contribution in [0.2, 0.25) is 0 Å². The summed E-state index contributed by atoms with van der Waals surface area (Å²) in [7, 11) is 0. The van der Waals surface area contributed by atoms with Crippen molar-refractivity contribution in [2.45, 2.75) is 18.1 Å². The number of nitrogens with zero attached hydrogens (tertiary/aromatic N) is 1. The van der Waals surface area contributed by atoms with E-state index in [4.69, 9.17) is 18.6 Å². The molecule has 1 N–H and O–H groups in total. The molecule has 8 nitrogen and oxygen atoms in total. The Bertz CT molecular complexity index is 1380. The van der Waals surface area contributed by atoms with Gasteiger partial charge in [-0.05, 0) is 23.8 Å². The van der Waals surface area contributed by atoms with Gasteiger partial charge in [0.15, 0.2) is 11.5 Å². The number of carboxylic acids is 1. The van der Waals surface area contributed by atoms with Crippen LogP contribution in [-0.4, -0.2) is 30.4 Å². The van der Waals surface area contributed by atoms with Crippen molar-refractivity contribution in [2.24, 2.45) is 0 Å². The zero-order chi connectivity index (χ0) is 23.8. The number of rotatable bonds is 3. The molecule has 174 valence electrons. The largest absolute Gasteiger partial charge is 0.491 e. The fraction of sp³-hybridized carbons (Fsp3) is 0.217. The Labute approximate surface area is 189 Å². The lowest BCUT2D eigenvalue weighted by Crippen LogP contribution is -2.42. The van der Waals surface area contributed by atoms with Gasteiger partial charge in [0.1, 0.15) is 29.1 Å². The summed E-state index contributed by atoms with van der Waals surface area (Å²) in [4.78, 5) is 26.5. The van der Waals surface area contributed by atoms with Crippen molar-refractivity contribution in [3.05, 3.63) is 70.7 Å². The maximum absolute atomic E-state index is 13.9. The molecule has 1 atom stereocenters. The highest BCUT2D eigenvalue weighted by atomic mass is 19.4. The maximum Gasteiger partial charge on any atom is 0.450 e. The van der Waals surface area contributed by atoms with Crippen molar-refractivity contribution < 1.29 is 46.5 Å². The lowest BCUT2D eigenvalue weighted by atomic mass is 9.77. The van der Waals surface area contributed by atoms with Gasteiger partial charge in [-0.3, -0.25) is 4.79 Å². The molecule has 3 aromatic rings. The third kappa shape index (κ3) is 2.66. The molecule has 0 saturated carbocycles. The van der Waals surface area contributed by atoms with Gasteiger partial charge in [-0.1, -0.05) is 18.2 Å². The summed E-state index contributed by atoms with van der Waals surface area (Å²) >= 11 is 0. The molecule has 6 rings (SSSR count). The summed E-state index contributed by atoms with van der Waals surface area (Å²) in [6.07, 6.45) is -5.00. The number of anilines is 1. The molecule has 1 aromatic heterocycles. The maximum atomic E-state index is 13.9. The molecule has 11 heteroatoms. The quantitative estimate of drug-likeness (QED) is 0.615. The molecule has 1 amide bonds. The first-order valence-electron chi connectivity index (χ1n) is 10.1. The van der Waals surface area contributed by atoms with Crippen LogP contribution in [0.15, 0.2) is 46.9 Å². The minimum atomic E-state index is -5.00. The second kappa shape index (κ2) is 6.69. The van der Waals surface area contributed by atoms with Crippen molar-refractivity contribution in [2.75, 3.05) is 18.3 Å². The normalized spacial score (nSPS) is 20.0. The minimum absolute atomic E-state index is 0.0239. The van der Waals surface area contributed by atoms with Gasteiger partial charge in [-0.15, -0.1) is 0 Å². The Hall–Kier alpha value is -4.15. The molecule has 3 aliphatic rings. The molecular weight excluding hydrogens is 459 g/mol. The highest BCUT2D eigenvalue weighted by molar-refractivity contribution is 6.11. The fourth-order valence-electron chi connectivity index (χ4n) is 4.77. The monoisotopic (exact) mass is 473 g/mol. The summed E-state index contributed by atoms with van der Waals surface area (Å²) in [5.74, 6) is -2.75. The van der Waals surface area contributed by atoms with E-state index in [1.54, 1.807) is 36.4 Å². The summed E-state index contributed by atoms with van der Waals surface area (Å²) in [5.41, 5.74) is -0.637. The van der Waals surface area contributed by atoms with Crippen LogP contribution in [0.3, 0.4) is 0 Å². The van der Waals surface area contributed by atoms with E-state index in [1.165, 1.54) is 4.90 Å². The van der Waals surface area contributed by atoms with Crippen LogP contribution in [-0.2, 0) is 22.9 Å². The van der Waals surface area contributed by atoms with E-state index >= 15 is 0 Å². The third-order valence-electron chi connectivity index (χ3n) is 6.23. The van der Waals surface area contributed by atoms with Crippen LogP contribution < -0.4 is 19.1 Å². The van der Waals surface area contributed by atoms with Gasteiger partial charge in [0.05, 0.1) is 6.54 Å². The van der Waals surface area contributed by atoms with E-state index < -0.39 is 41.3 Å². The molecule has 0 saturated heterocycles. The Kier molecular flexibility index (Phi) is 4.02. The lowest BCUT2D eigenvalue weighted by molar-refractivity contribution is -0.153. The van der Waals surface area contributed by atoms with Crippen molar-refractivity contribution in [1.82, 2.24) is 0 Å². The van der Waals surface area contributed by atoms with E-state index in [9.17, 15) is 27.9 Å². The molecule has 34 heavy (non-hydrogen) atoms. The summed E-state index contributed by atoms with van der Waals surface area (Å²) in [6, 6.07) is 11.0. The van der Waals surface area contributed by atoms with Crippen LogP contribution in [0.4, 0.5) is 18.9 Å². The predicted molar refractivity (Wildman–Crippen MR) is 107 cm³/mol. The highest BCUT2D eigenvalue weighted by Crippen LogP contribution is 2.55. The molecule has 3 aliphatic heterocycles. The fourth-order valence-corrected chi connectivity index (χ4v) is 4.77. The van der Waals surface area contributed by atoms with Crippen molar-refractivity contribution in [1.29, 1.82) is 0 Å². The van der Waals surface area contributed by atoms with Gasteiger partial charge in [-0.25, -0.2) is 4.79 Å². The van der Waals surface area contributed by atoms with Crippen LogP contribution in [0.1, 0.15) is 33.0 Å². The van der Waals surface area contributed by atoms with Crippen molar-refractivity contribution in [3.8, 4) is 17.2 Å². The molecule has 0 radical (unpaired) electrons. The van der Waals surface area contributed by atoms with Crippen LogP contribution >= 0.6 is 0 Å². The molecule has 1 spiro atoms. The third-order valence-corrected chi connectivity index (χ3v) is 6.23. The number of ether oxygens (including phenoxy) is 3. The number of benzene rings is 2. The average molecular weight is 473 g/mol. The van der Waals surface area contributed by atoms with Crippen molar-refractivity contribution in [3.63, 3.8) is 0 Å². The Morgan fingerprint density at radius 3 is 2.47 bits per heavy atom. The molecular formula is C23H14F3NO7. The van der Waals surface area contributed by atoms with Gasteiger partial charge in [0, 0.05) is 17.3 Å². The van der Waals surface area contributed by atoms with Gasteiger partial charge in [0.2, 0.25) is 18.5 Å². The second-order valence-corrected chi connectivity index (χ2v) is 8.06. The zero-order valence-corrected chi connectivity index (χ0v) is 17.1. The number of alkyl halides is 3. The van der Waals surface area contributed by atoms with E-state index in [0.29, 0.717) is 34.1 Å². The van der Waals surface area contributed by atoms with Gasteiger partial charge in [0.25, 0.3) is 0 Å². The van der Waals surface area contributed by atoms with E-state index in [0.717, 1.165) is 6.07 Å². The summed E-state index contributed by atoms with van der Waals surface area (Å²) in [5, 5.41) is 9.19. The number of fused-ring (bicyclic) bond motifs is 5. The number of carboxylic acid groups (broad SMARTS) is 1. The van der Waals surface area contributed by atoms with Gasteiger partial charge in [-0.2, -0.15) is 13.2 Å². The van der Waals surface area contributed by atoms with Gasteiger partial charge < -0.3 is 28.6 Å². The first-order chi connectivity index (χ1) is 16.2. The van der Waals surface area contributed by atoms with E-state index in [2.05, 4.69) is 0 Å². The number of hydrogen-bond acceptors (Lipinski definition) is 6. The van der Waals surface area contributed by atoms with Crippen LogP contribution in [0.25, 0.3) is 0 Å². The number of furan rings is 1. The lowest BCUT2D eigenvalue weighted by Gasteiger charge is -2.22. The highest BCUT2D eigenvalue weighted by Gasteiger charge is 2.57. The number of halogens is 3. The van der Waals surface area contributed by atoms with Crippen LogP contribution in [0.5, 0.6) is 17.2 Å². The SMILES string of the molecule is O=C(O)c1cc(CN2C(=O)C3(COc4cc5c(cc43)OCO5)c3ccccc32)oc1C(F)(F)F. The number of hydrogen-bond donors (Lipinski definition) is 1. The number of para-hydroxylation sites is 1. The Balaban J connectivity index is 1.45. The summed E-state index contributed by atoms with van der Waals surface area (Å²) in [6.45, 7) is -0.383. The first kappa shape index (κ1) is 20.5. The minimum Gasteiger partial charge on any atom is -0.491 e. The van der Waals surface area contributed by atoms with E-state index in [1.807, 2.05) is 0 Å². The number of aromatic carboxylic acids is 1. The predicted octanol–water partition coefficient (Wildman–Crippen LogP) is 3.95. The topological polar surface area (TPSA) is 98.4 Å². The molecule has 0 bridgehead atoms. The molecule has 2 aromatic carbocycles. The van der Waals surface area contributed by atoms with Gasteiger partial charge >= 0.3 is 12.1 Å². The molecule has 0 fully saturated rings. The second-order valence-electron chi connectivity index (χ2n) is 8.06. The molecule has 0 aliphatic carbocycles. The molecule has 4 heterocycles. The van der Waals surface area contributed by atoms with E-state index in [-0.39, 0.29) is 19.2 Å². The number of carbonyl (C=O) groups excluding carboxylic acids is 1. The smallest absolute Gasteiger partial charge is 0.450 e. The summed E-state index contributed by atoms with van der Waals surface area (Å²) < 4.78 is 61.4. The number of amides is 1. The molecule has 1 unspecified atom stereocenters. The average Bonchev–Trinajstić information content (AvgIpc) is 3.55.